The Labute approximate surface area is 212 Å². The van der Waals surface area contributed by atoms with Gasteiger partial charge in [0, 0.05) is 17.0 Å². The topological polar surface area (TPSA) is 105 Å². The number of nitrogens with zero attached hydrogens (tertiary/aromatic N) is 1. The van der Waals surface area contributed by atoms with Gasteiger partial charge in [-0.1, -0.05) is 38.0 Å². The van der Waals surface area contributed by atoms with Gasteiger partial charge in [0.25, 0.3) is 0 Å². The molecule has 1 aliphatic rings. The zero-order valence-electron chi connectivity index (χ0n) is 19.9. The van der Waals surface area contributed by atoms with Crippen molar-refractivity contribution in [2.24, 2.45) is 0 Å². The fourth-order valence-electron chi connectivity index (χ4n) is 4.19. The maximum atomic E-state index is 13.4. The molecule has 4 rings (SSSR count). The number of aromatic nitrogens is 2. The number of thiophene rings is 1. The lowest BCUT2D eigenvalue weighted by molar-refractivity contribution is -0.704. The van der Waals surface area contributed by atoms with Crippen LogP contribution in [0.25, 0.3) is 5.69 Å². The van der Waals surface area contributed by atoms with Gasteiger partial charge < -0.3 is 10.1 Å². The van der Waals surface area contributed by atoms with Crippen LogP contribution in [0.15, 0.2) is 44.7 Å². The van der Waals surface area contributed by atoms with Gasteiger partial charge in [-0.25, -0.2) is 9.59 Å². The molecule has 0 bridgehead atoms. The van der Waals surface area contributed by atoms with Gasteiger partial charge in [-0.15, -0.1) is 11.3 Å². The molecule has 2 aromatic heterocycles. The Morgan fingerprint density at radius 2 is 1.91 bits per heavy atom. The summed E-state index contributed by atoms with van der Waals surface area (Å²) in [6, 6.07) is 9.26. The molecule has 10 heteroatoms. The summed E-state index contributed by atoms with van der Waals surface area (Å²) in [7, 11) is 0. The monoisotopic (exact) mass is 516 g/mol. The number of carbonyl (C=O) groups excluding carboxylic acids is 2. The van der Waals surface area contributed by atoms with Gasteiger partial charge in [-0.05, 0) is 66.3 Å². The van der Waals surface area contributed by atoms with E-state index in [1.165, 1.54) is 22.4 Å². The maximum absolute atomic E-state index is 13.4. The molecule has 3 aromatic rings. The van der Waals surface area contributed by atoms with Crippen LogP contribution in [-0.2, 0) is 22.4 Å². The van der Waals surface area contributed by atoms with Crippen LogP contribution >= 0.6 is 23.1 Å². The van der Waals surface area contributed by atoms with E-state index in [0.29, 0.717) is 17.0 Å². The SMILES string of the molecule is CCOC(=O)c1c(NC(=O)C(CC)Sc2c(=O)o[nH][n+]2-c2ccccc2)sc2c1CCCCCC2. The number of carbonyl (C=O) groups is 2. The summed E-state index contributed by atoms with van der Waals surface area (Å²) >= 11 is 2.61. The molecular formula is C25H30N3O5S2+. The largest absolute Gasteiger partial charge is 0.462 e. The summed E-state index contributed by atoms with van der Waals surface area (Å²) < 4.78 is 11.9. The molecule has 0 fully saturated rings. The van der Waals surface area contributed by atoms with E-state index in [1.807, 2.05) is 37.3 Å². The molecule has 1 aromatic carbocycles. The Hall–Kier alpha value is -2.85. The van der Waals surface area contributed by atoms with Crippen LogP contribution in [0, 0.1) is 0 Å². The minimum absolute atomic E-state index is 0.266. The van der Waals surface area contributed by atoms with E-state index in [1.54, 1.807) is 6.92 Å². The Morgan fingerprint density at radius 3 is 2.63 bits per heavy atom. The summed E-state index contributed by atoms with van der Waals surface area (Å²) in [5, 5.41) is 5.86. The molecule has 0 spiro atoms. The Balaban J connectivity index is 1.61. The minimum Gasteiger partial charge on any atom is -0.462 e. The number of fused-ring (bicyclic) bond motifs is 1. The van der Waals surface area contributed by atoms with Gasteiger partial charge in [0.05, 0.1) is 17.4 Å². The van der Waals surface area contributed by atoms with Crippen molar-refractivity contribution in [2.45, 2.75) is 69.1 Å². The second kappa shape index (κ2) is 11.7. The molecule has 186 valence electrons. The van der Waals surface area contributed by atoms with Gasteiger partial charge >= 0.3 is 16.6 Å². The normalized spacial score (nSPS) is 14.5. The molecule has 35 heavy (non-hydrogen) atoms. The van der Waals surface area contributed by atoms with Crippen molar-refractivity contribution < 1.29 is 23.5 Å². The minimum atomic E-state index is -0.566. The van der Waals surface area contributed by atoms with Crippen molar-refractivity contribution in [1.82, 2.24) is 5.27 Å². The fourth-order valence-corrected chi connectivity index (χ4v) is 6.46. The van der Waals surface area contributed by atoms with Crippen LogP contribution in [0.1, 0.15) is 66.8 Å². The van der Waals surface area contributed by atoms with Crippen LogP contribution < -0.4 is 15.6 Å². The lowest BCUT2D eigenvalue weighted by atomic mass is 9.96. The molecule has 1 aliphatic carbocycles. The van der Waals surface area contributed by atoms with E-state index in [-0.39, 0.29) is 17.5 Å². The third-order valence-electron chi connectivity index (χ3n) is 5.93. The van der Waals surface area contributed by atoms with Crippen molar-refractivity contribution in [3.8, 4) is 5.69 Å². The van der Waals surface area contributed by atoms with Gasteiger partial charge in [0.1, 0.15) is 5.00 Å². The number of para-hydroxylation sites is 1. The number of hydrogen-bond donors (Lipinski definition) is 2. The highest BCUT2D eigenvalue weighted by molar-refractivity contribution is 8.00. The van der Waals surface area contributed by atoms with E-state index in [4.69, 9.17) is 9.26 Å². The molecule has 2 N–H and O–H groups in total. The van der Waals surface area contributed by atoms with Crippen molar-refractivity contribution in [3.05, 3.63) is 56.8 Å². The summed E-state index contributed by atoms with van der Waals surface area (Å²) in [4.78, 5) is 39.8. The van der Waals surface area contributed by atoms with Gasteiger partial charge in [0.2, 0.25) is 11.6 Å². The molecule has 0 saturated heterocycles. The van der Waals surface area contributed by atoms with Gasteiger partial charge in [-0.2, -0.15) is 0 Å². The van der Waals surface area contributed by atoms with Gasteiger partial charge in [-0.3, -0.25) is 9.32 Å². The number of rotatable bonds is 8. The summed E-state index contributed by atoms with van der Waals surface area (Å²) in [6.45, 7) is 3.94. The number of ether oxygens (including phenoxy) is 1. The van der Waals surface area contributed by atoms with Crippen LogP contribution in [0.5, 0.6) is 0 Å². The molecule has 2 heterocycles. The zero-order chi connectivity index (χ0) is 24.8. The van der Waals surface area contributed by atoms with Crippen LogP contribution in [0.4, 0.5) is 5.00 Å². The zero-order valence-corrected chi connectivity index (χ0v) is 21.6. The van der Waals surface area contributed by atoms with Crippen LogP contribution in [0.3, 0.4) is 0 Å². The third-order valence-corrected chi connectivity index (χ3v) is 8.54. The van der Waals surface area contributed by atoms with E-state index >= 15 is 0 Å². The first kappa shape index (κ1) is 25.2. The highest BCUT2D eigenvalue weighted by Gasteiger charge is 2.32. The lowest BCUT2D eigenvalue weighted by Crippen LogP contribution is -2.37. The summed E-state index contributed by atoms with van der Waals surface area (Å²) in [5.74, 6) is -0.660. The quantitative estimate of drug-likeness (QED) is 0.257. The Kier molecular flexibility index (Phi) is 8.46. The molecular weight excluding hydrogens is 486 g/mol. The average Bonchev–Trinajstić information content (AvgIpc) is 3.37. The standard InChI is InChI=1S/C25H29N3O5S2/c1-3-18(35-23-25(31)33-27-28(23)16-12-8-7-9-13-16)21(29)26-22-20(24(30)32-4-2)17-14-10-5-6-11-15-19(17)34-22/h7-9,12-13,18H,3-6,10-11,14-15H2,1-2H3,(H-,26,27,29,30,31)/p+1. The number of H-pyrrole nitrogens is 1. The van der Waals surface area contributed by atoms with E-state index in [2.05, 4.69) is 10.6 Å². The highest BCUT2D eigenvalue weighted by atomic mass is 32.2. The summed E-state index contributed by atoms with van der Waals surface area (Å²) in [5.41, 5.74) is 1.68. The number of hydrogen-bond acceptors (Lipinski definition) is 7. The van der Waals surface area contributed by atoms with Crippen molar-refractivity contribution >= 4 is 40.0 Å². The Bertz CT molecular complexity index is 1230. The van der Waals surface area contributed by atoms with Crippen LogP contribution in [-0.4, -0.2) is 29.0 Å². The number of anilines is 1. The number of nitrogens with one attached hydrogen (secondary N) is 2. The molecule has 0 radical (unpaired) electrons. The molecule has 1 amide bonds. The van der Waals surface area contributed by atoms with E-state index in [0.717, 1.165) is 60.0 Å². The number of benzene rings is 1. The molecule has 1 unspecified atom stereocenters. The first-order chi connectivity index (χ1) is 17.0. The fraction of sp³-hybridized carbons (Fsp3) is 0.440. The summed E-state index contributed by atoms with van der Waals surface area (Å²) in [6.07, 6.45) is 6.57. The third kappa shape index (κ3) is 5.70. The number of aromatic amines is 1. The first-order valence-corrected chi connectivity index (χ1v) is 13.7. The number of esters is 1. The first-order valence-electron chi connectivity index (χ1n) is 12.0. The number of amides is 1. The number of aryl methyl sites for hydroxylation is 1. The maximum Gasteiger partial charge on any atom is 0.442 e. The van der Waals surface area contributed by atoms with E-state index < -0.39 is 16.8 Å². The smallest absolute Gasteiger partial charge is 0.442 e. The second-order valence-electron chi connectivity index (χ2n) is 8.30. The lowest BCUT2D eigenvalue weighted by Gasteiger charge is -2.13. The van der Waals surface area contributed by atoms with Crippen molar-refractivity contribution in [2.75, 3.05) is 11.9 Å². The predicted octanol–water partition coefficient (Wildman–Crippen LogP) is 4.65. The predicted molar refractivity (Wildman–Crippen MR) is 136 cm³/mol. The molecule has 1 atom stereocenters. The van der Waals surface area contributed by atoms with E-state index in [9.17, 15) is 14.4 Å². The highest BCUT2D eigenvalue weighted by Crippen LogP contribution is 2.38. The van der Waals surface area contributed by atoms with Crippen LogP contribution in [0.2, 0.25) is 0 Å². The van der Waals surface area contributed by atoms with Crippen molar-refractivity contribution in [3.63, 3.8) is 0 Å². The van der Waals surface area contributed by atoms with Crippen molar-refractivity contribution in [1.29, 1.82) is 0 Å². The second-order valence-corrected chi connectivity index (χ2v) is 10.6. The molecule has 0 saturated carbocycles. The number of thioether (sulfide) groups is 1. The van der Waals surface area contributed by atoms with Gasteiger partial charge in [0.15, 0.2) is 0 Å². The molecule has 8 nitrogen and oxygen atoms in total. The molecule has 0 aliphatic heterocycles. The average molecular weight is 517 g/mol. The Morgan fingerprint density at radius 1 is 1.17 bits per heavy atom.